The van der Waals surface area contributed by atoms with Crippen LogP contribution in [0.15, 0.2) is 72.9 Å². The lowest BCUT2D eigenvalue weighted by molar-refractivity contribution is -0.161. The average molecular weight is 751 g/mol. The molecule has 0 fully saturated rings. The van der Waals surface area contributed by atoms with Gasteiger partial charge in [0.15, 0.2) is 6.10 Å². The maximum atomic E-state index is 12.4. The normalized spacial score (nSPS) is 13.9. The van der Waals surface area contributed by atoms with Crippen LogP contribution in [0, 0.1) is 0 Å². The number of rotatable bonds is 35. The van der Waals surface area contributed by atoms with Crippen LogP contribution in [0.5, 0.6) is 0 Å². The number of carbonyl (C=O) groups is 2. The Balaban J connectivity index is 4.17. The summed E-state index contributed by atoms with van der Waals surface area (Å²) in [5, 5.41) is 10.1. The fraction of sp³-hybridized carbons (Fsp3) is 0.667. The van der Waals surface area contributed by atoms with Crippen molar-refractivity contribution in [2.24, 2.45) is 0 Å². The van der Waals surface area contributed by atoms with E-state index >= 15 is 0 Å². The van der Waals surface area contributed by atoms with Crippen LogP contribution < -0.4 is 0 Å². The third kappa shape index (κ3) is 38.7. The number of carbonyl (C=O) groups excluding carboxylic acids is 2. The zero-order valence-corrected chi connectivity index (χ0v) is 33.2. The number of esters is 2. The summed E-state index contributed by atoms with van der Waals surface area (Å²) >= 11 is 0. The molecule has 52 heavy (non-hydrogen) atoms. The van der Waals surface area contributed by atoms with Gasteiger partial charge in [0, 0.05) is 12.8 Å². The Labute approximate surface area is 315 Å². The summed E-state index contributed by atoms with van der Waals surface area (Å²) in [5.41, 5.74) is 0. The van der Waals surface area contributed by atoms with Crippen LogP contribution in [0.1, 0.15) is 155 Å². The maximum Gasteiger partial charge on any atom is 0.469 e. The van der Waals surface area contributed by atoms with Gasteiger partial charge in [0.2, 0.25) is 0 Å². The van der Waals surface area contributed by atoms with Gasteiger partial charge >= 0.3 is 19.8 Å². The minimum absolute atomic E-state index is 0.126. The van der Waals surface area contributed by atoms with Gasteiger partial charge in [0.1, 0.15) is 6.61 Å². The molecule has 0 spiro atoms. The molecule has 3 N–H and O–H groups in total. The summed E-state index contributed by atoms with van der Waals surface area (Å²) in [5.74, 6) is -1.03. The standard InChI is InChI=1S/C42H71O9P/c1-3-5-7-9-11-13-14-15-16-17-18-19-21-23-27-32-36-42(45)51-40(38-50-52(46,47)48)37-49-41(44)35-31-28-24-26-30-34-39(43)33-29-25-22-20-12-10-8-6-4-2/h11-13,15-16,20,24-26,29-30,34,39-40,43H,3-10,14,17-19,21-23,27-28,31-33,35-38H2,1-2H3,(H2,46,47,48)/b13-11-,16-15-,20-12-,26-24+,29-25-,34-30-/t39?,40-/m1/s1. The van der Waals surface area contributed by atoms with Gasteiger partial charge in [-0.15, -0.1) is 0 Å². The molecule has 0 heterocycles. The largest absolute Gasteiger partial charge is 0.469 e. The molecule has 0 aliphatic rings. The van der Waals surface area contributed by atoms with Gasteiger partial charge in [-0.25, -0.2) is 4.57 Å². The van der Waals surface area contributed by atoms with Gasteiger partial charge in [-0.05, 0) is 77.0 Å². The molecule has 1 unspecified atom stereocenters. The third-order valence-corrected chi connectivity index (χ3v) is 8.51. The van der Waals surface area contributed by atoms with E-state index in [1.54, 1.807) is 12.2 Å². The predicted molar refractivity (Wildman–Crippen MR) is 213 cm³/mol. The molecular formula is C42H71O9P. The van der Waals surface area contributed by atoms with Crippen LogP contribution in [0.25, 0.3) is 0 Å². The first-order valence-corrected chi connectivity index (χ1v) is 21.4. The van der Waals surface area contributed by atoms with E-state index in [4.69, 9.17) is 19.3 Å². The van der Waals surface area contributed by atoms with Crippen molar-refractivity contribution in [1.29, 1.82) is 0 Å². The molecule has 0 aliphatic carbocycles. The number of ether oxygens (including phenoxy) is 2. The molecule has 0 aliphatic heterocycles. The van der Waals surface area contributed by atoms with Crippen LogP contribution in [0.4, 0.5) is 0 Å². The van der Waals surface area contributed by atoms with Crippen molar-refractivity contribution in [2.75, 3.05) is 13.2 Å². The molecule has 9 nitrogen and oxygen atoms in total. The molecule has 10 heteroatoms. The van der Waals surface area contributed by atoms with E-state index in [1.165, 1.54) is 44.9 Å². The van der Waals surface area contributed by atoms with Gasteiger partial charge in [0.05, 0.1) is 12.7 Å². The number of allylic oxidation sites excluding steroid dienone is 10. The summed E-state index contributed by atoms with van der Waals surface area (Å²) in [7, 11) is -4.79. The van der Waals surface area contributed by atoms with Crippen molar-refractivity contribution in [3.05, 3.63) is 72.9 Å². The second kappa shape index (κ2) is 36.8. The van der Waals surface area contributed by atoms with Crippen molar-refractivity contribution >= 4 is 19.8 Å². The average Bonchev–Trinajstić information content (AvgIpc) is 3.11. The van der Waals surface area contributed by atoms with Gasteiger partial charge < -0.3 is 24.4 Å². The highest BCUT2D eigenvalue weighted by Crippen LogP contribution is 2.36. The first kappa shape index (κ1) is 49.5. The molecule has 0 bridgehead atoms. The number of hydrogen-bond donors (Lipinski definition) is 3. The Morgan fingerprint density at radius 1 is 0.596 bits per heavy atom. The topological polar surface area (TPSA) is 140 Å². The molecule has 0 aromatic heterocycles. The number of phosphoric ester groups is 1. The quantitative estimate of drug-likeness (QED) is 0.0190. The maximum absolute atomic E-state index is 12.4. The highest BCUT2D eigenvalue weighted by molar-refractivity contribution is 7.46. The number of phosphoric acid groups is 1. The fourth-order valence-corrected chi connectivity index (χ4v) is 5.36. The second-order valence-corrected chi connectivity index (χ2v) is 14.3. The van der Waals surface area contributed by atoms with E-state index in [2.05, 4.69) is 60.9 Å². The van der Waals surface area contributed by atoms with Crippen LogP contribution in [-0.4, -0.2) is 52.3 Å². The fourth-order valence-electron chi connectivity index (χ4n) is 5.00. The molecule has 298 valence electrons. The van der Waals surface area contributed by atoms with E-state index in [-0.39, 0.29) is 19.4 Å². The van der Waals surface area contributed by atoms with Crippen molar-refractivity contribution in [3.8, 4) is 0 Å². The number of aliphatic hydroxyl groups is 1. The Morgan fingerprint density at radius 3 is 1.71 bits per heavy atom. The van der Waals surface area contributed by atoms with Gasteiger partial charge in [-0.3, -0.25) is 14.1 Å². The molecule has 2 atom stereocenters. The molecule has 0 radical (unpaired) electrons. The molecule has 0 saturated carbocycles. The summed E-state index contributed by atoms with van der Waals surface area (Å²) in [6.07, 6.45) is 43.6. The van der Waals surface area contributed by atoms with Crippen LogP contribution in [0.2, 0.25) is 0 Å². The lowest BCUT2D eigenvalue weighted by Crippen LogP contribution is -2.29. The van der Waals surface area contributed by atoms with Crippen LogP contribution in [-0.2, 0) is 28.2 Å². The lowest BCUT2D eigenvalue weighted by Gasteiger charge is -2.18. The summed E-state index contributed by atoms with van der Waals surface area (Å²) in [6.45, 7) is 3.48. The van der Waals surface area contributed by atoms with E-state index in [1.807, 2.05) is 18.2 Å². The van der Waals surface area contributed by atoms with Gasteiger partial charge in [-0.1, -0.05) is 138 Å². The smallest absolute Gasteiger partial charge is 0.462 e. The first-order chi connectivity index (χ1) is 25.2. The number of aliphatic hydroxyl groups excluding tert-OH is 1. The van der Waals surface area contributed by atoms with E-state index < -0.39 is 38.6 Å². The third-order valence-electron chi connectivity index (χ3n) is 8.03. The highest BCUT2D eigenvalue weighted by Gasteiger charge is 2.22. The molecule has 0 rings (SSSR count). The molecular weight excluding hydrogens is 679 g/mol. The summed E-state index contributed by atoms with van der Waals surface area (Å²) in [4.78, 5) is 42.8. The highest BCUT2D eigenvalue weighted by atomic mass is 31.2. The van der Waals surface area contributed by atoms with Crippen LogP contribution in [0.3, 0.4) is 0 Å². The van der Waals surface area contributed by atoms with Crippen molar-refractivity contribution in [3.63, 3.8) is 0 Å². The molecule has 0 amide bonds. The number of unbranched alkanes of at least 4 members (excludes halogenated alkanes) is 13. The summed E-state index contributed by atoms with van der Waals surface area (Å²) < 4.78 is 26.2. The van der Waals surface area contributed by atoms with E-state index in [0.29, 0.717) is 25.7 Å². The molecule has 0 aromatic carbocycles. The molecule has 0 aromatic rings. The Kier molecular flexibility index (Phi) is 35.0. The van der Waals surface area contributed by atoms with Crippen molar-refractivity contribution < 1.29 is 43.0 Å². The predicted octanol–water partition coefficient (Wildman–Crippen LogP) is 10.9. The van der Waals surface area contributed by atoms with Crippen molar-refractivity contribution in [2.45, 2.75) is 167 Å². The zero-order valence-electron chi connectivity index (χ0n) is 32.3. The van der Waals surface area contributed by atoms with E-state index in [9.17, 15) is 19.3 Å². The van der Waals surface area contributed by atoms with E-state index in [0.717, 1.165) is 57.8 Å². The van der Waals surface area contributed by atoms with Crippen LogP contribution >= 0.6 is 7.82 Å². The lowest BCUT2D eigenvalue weighted by atomic mass is 10.1. The Hall–Kier alpha value is -2.55. The molecule has 0 saturated heterocycles. The van der Waals surface area contributed by atoms with Gasteiger partial charge in [-0.2, -0.15) is 0 Å². The monoisotopic (exact) mass is 750 g/mol. The first-order valence-electron chi connectivity index (χ1n) is 19.8. The Morgan fingerprint density at radius 2 is 1.12 bits per heavy atom. The summed E-state index contributed by atoms with van der Waals surface area (Å²) in [6, 6.07) is 0. The Bertz CT molecular complexity index is 1090. The minimum atomic E-state index is -4.79. The second-order valence-electron chi connectivity index (χ2n) is 13.1. The zero-order chi connectivity index (χ0) is 38.4. The number of hydrogen-bond acceptors (Lipinski definition) is 7. The van der Waals surface area contributed by atoms with Crippen molar-refractivity contribution in [1.82, 2.24) is 0 Å². The van der Waals surface area contributed by atoms with Gasteiger partial charge in [0.25, 0.3) is 0 Å². The SMILES string of the molecule is CCCCC/C=C\C/C=C\CCCCCCCCC(=O)O[C@H](COC(=O)CCC/C=C/C=C\C(O)C/C=C\C/C=C\CCCCC)COP(=O)(O)O. The minimum Gasteiger partial charge on any atom is -0.462 e.